The molecule has 114 valence electrons. The van der Waals surface area contributed by atoms with Crippen molar-refractivity contribution >= 4 is 0 Å². The van der Waals surface area contributed by atoms with Crippen molar-refractivity contribution in [3.05, 3.63) is 53.3 Å². The van der Waals surface area contributed by atoms with Gasteiger partial charge in [0.1, 0.15) is 0 Å². The molecule has 6 heteroatoms. The number of aromatic nitrogens is 2. The third-order valence-electron chi connectivity index (χ3n) is 3.48. The van der Waals surface area contributed by atoms with Crippen molar-refractivity contribution in [1.29, 1.82) is 0 Å². The summed E-state index contributed by atoms with van der Waals surface area (Å²) in [5.74, 6) is 0. The minimum atomic E-state index is -4.29. The van der Waals surface area contributed by atoms with Crippen molar-refractivity contribution < 1.29 is 13.2 Å². The van der Waals surface area contributed by atoms with Gasteiger partial charge in [0.25, 0.3) is 0 Å². The number of hydrogen-bond acceptors (Lipinski definition) is 2. The topological polar surface area (TPSA) is 29.9 Å². The average Bonchev–Trinajstić information content (AvgIpc) is 2.92. The van der Waals surface area contributed by atoms with Crippen molar-refractivity contribution in [2.45, 2.75) is 32.1 Å². The Bertz CT molecular complexity index is 573. The van der Waals surface area contributed by atoms with E-state index in [1.54, 1.807) is 6.20 Å². The zero-order valence-electron chi connectivity index (χ0n) is 12.0. The number of nitrogens with one attached hydrogen (secondary N) is 1. The Kier molecular flexibility index (Phi) is 4.67. The monoisotopic (exact) mass is 297 g/mol. The molecule has 1 atom stereocenters. The van der Waals surface area contributed by atoms with Crippen LogP contribution in [0.4, 0.5) is 13.2 Å². The fourth-order valence-electron chi connectivity index (χ4n) is 2.32. The van der Waals surface area contributed by atoms with E-state index in [4.69, 9.17) is 0 Å². The van der Waals surface area contributed by atoms with E-state index >= 15 is 0 Å². The fourth-order valence-corrected chi connectivity index (χ4v) is 2.32. The summed E-state index contributed by atoms with van der Waals surface area (Å²) in [5, 5.41) is 7.41. The van der Waals surface area contributed by atoms with Gasteiger partial charge in [0, 0.05) is 12.7 Å². The van der Waals surface area contributed by atoms with Crippen LogP contribution in [0.5, 0.6) is 0 Å². The molecule has 0 saturated heterocycles. The zero-order valence-corrected chi connectivity index (χ0v) is 12.0. The molecule has 0 aliphatic heterocycles. The second-order valence-electron chi connectivity index (χ2n) is 4.81. The number of alkyl halides is 3. The molecular weight excluding hydrogens is 279 g/mol. The second-order valence-corrected chi connectivity index (χ2v) is 4.81. The molecule has 0 spiro atoms. The Balaban J connectivity index is 2.16. The molecule has 21 heavy (non-hydrogen) atoms. The van der Waals surface area contributed by atoms with E-state index in [0.29, 0.717) is 6.42 Å². The SMILES string of the molecule is CCn1nccc1C(Cc1ccc(C(F)(F)F)cc1)NC. The van der Waals surface area contributed by atoms with E-state index in [1.807, 2.05) is 24.7 Å². The van der Waals surface area contributed by atoms with Crippen LogP contribution in [-0.2, 0) is 19.1 Å². The molecule has 1 N–H and O–H groups in total. The molecular formula is C15H18F3N3. The predicted octanol–water partition coefficient (Wildman–Crippen LogP) is 3.43. The summed E-state index contributed by atoms with van der Waals surface area (Å²) >= 11 is 0. The molecule has 0 bridgehead atoms. The van der Waals surface area contributed by atoms with Crippen molar-refractivity contribution in [3.63, 3.8) is 0 Å². The number of benzene rings is 1. The average molecular weight is 297 g/mol. The minimum absolute atomic E-state index is 0.0178. The molecule has 0 aliphatic carbocycles. The van der Waals surface area contributed by atoms with Crippen LogP contribution in [0.1, 0.15) is 29.8 Å². The Morgan fingerprint density at radius 1 is 1.19 bits per heavy atom. The lowest BCUT2D eigenvalue weighted by Gasteiger charge is -2.18. The summed E-state index contributed by atoms with van der Waals surface area (Å²) < 4.78 is 39.5. The first-order valence-corrected chi connectivity index (χ1v) is 6.80. The van der Waals surface area contributed by atoms with Gasteiger partial charge >= 0.3 is 6.18 Å². The summed E-state index contributed by atoms with van der Waals surface area (Å²) in [6.45, 7) is 2.76. The zero-order chi connectivity index (χ0) is 15.5. The van der Waals surface area contributed by atoms with E-state index < -0.39 is 11.7 Å². The van der Waals surface area contributed by atoms with Gasteiger partial charge in [-0.3, -0.25) is 4.68 Å². The number of halogens is 3. The third kappa shape index (κ3) is 3.64. The van der Waals surface area contributed by atoms with E-state index in [-0.39, 0.29) is 6.04 Å². The van der Waals surface area contributed by atoms with Gasteiger partial charge in [-0.05, 0) is 44.2 Å². The molecule has 0 aliphatic rings. The van der Waals surface area contributed by atoms with Gasteiger partial charge in [0.15, 0.2) is 0 Å². The van der Waals surface area contributed by atoms with Gasteiger partial charge in [-0.2, -0.15) is 18.3 Å². The van der Waals surface area contributed by atoms with Crippen LogP contribution in [0.2, 0.25) is 0 Å². The lowest BCUT2D eigenvalue weighted by molar-refractivity contribution is -0.137. The summed E-state index contributed by atoms with van der Waals surface area (Å²) in [4.78, 5) is 0. The molecule has 2 aromatic rings. The van der Waals surface area contributed by atoms with Gasteiger partial charge in [0.05, 0.1) is 17.3 Å². The number of aryl methyl sites for hydroxylation is 1. The van der Waals surface area contributed by atoms with Crippen LogP contribution in [0.15, 0.2) is 36.5 Å². The van der Waals surface area contributed by atoms with Crippen LogP contribution in [0.3, 0.4) is 0 Å². The number of nitrogens with zero attached hydrogens (tertiary/aromatic N) is 2. The van der Waals surface area contributed by atoms with E-state index in [0.717, 1.165) is 29.9 Å². The first-order chi connectivity index (χ1) is 9.95. The number of likely N-dealkylation sites (N-methyl/N-ethyl adjacent to an activating group) is 1. The maximum absolute atomic E-state index is 12.5. The molecule has 1 unspecified atom stereocenters. The molecule has 1 heterocycles. The first-order valence-electron chi connectivity index (χ1n) is 6.80. The number of rotatable bonds is 5. The molecule has 0 amide bonds. The predicted molar refractivity (Wildman–Crippen MR) is 74.8 cm³/mol. The molecule has 1 aromatic carbocycles. The van der Waals surface area contributed by atoms with Crippen molar-refractivity contribution in [3.8, 4) is 0 Å². The smallest absolute Gasteiger partial charge is 0.311 e. The molecule has 1 aromatic heterocycles. The van der Waals surface area contributed by atoms with Crippen molar-refractivity contribution in [1.82, 2.24) is 15.1 Å². The number of hydrogen-bond donors (Lipinski definition) is 1. The standard InChI is InChI=1S/C15H18F3N3/c1-3-21-14(8-9-20-21)13(19-2)10-11-4-6-12(7-5-11)15(16,17)18/h4-9,13,19H,3,10H2,1-2H3. The van der Waals surface area contributed by atoms with Gasteiger partial charge < -0.3 is 5.32 Å². The molecule has 2 rings (SSSR count). The molecule has 0 fully saturated rings. The lowest BCUT2D eigenvalue weighted by atomic mass is 10.0. The van der Waals surface area contributed by atoms with Crippen LogP contribution in [0.25, 0.3) is 0 Å². The largest absolute Gasteiger partial charge is 0.416 e. The summed E-state index contributed by atoms with van der Waals surface area (Å²) in [6.07, 6.45) is -1.95. The summed E-state index contributed by atoms with van der Waals surface area (Å²) in [6, 6.07) is 7.25. The van der Waals surface area contributed by atoms with Crippen molar-refractivity contribution in [2.75, 3.05) is 7.05 Å². The Hall–Kier alpha value is -1.82. The molecule has 0 saturated carbocycles. The maximum atomic E-state index is 12.5. The van der Waals surface area contributed by atoms with E-state index in [2.05, 4.69) is 10.4 Å². The third-order valence-corrected chi connectivity index (χ3v) is 3.48. The highest BCUT2D eigenvalue weighted by molar-refractivity contribution is 5.26. The van der Waals surface area contributed by atoms with Gasteiger partial charge in [-0.15, -0.1) is 0 Å². The summed E-state index contributed by atoms with van der Waals surface area (Å²) in [5.41, 5.74) is 1.26. The van der Waals surface area contributed by atoms with Gasteiger partial charge in [0.2, 0.25) is 0 Å². The Labute approximate surface area is 121 Å². The van der Waals surface area contributed by atoms with E-state index in [9.17, 15) is 13.2 Å². The quantitative estimate of drug-likeness (QED) is 0.916. The van der Waals surface area contributed by atoms with Crippen molar-refractivity contribution in [2.24, 2.45) is 0 Å². The molecule has 0 radical (unpaired) electrons. The van der Waals surface area contributed by atoms with E-state index in [1.165, 1.54) is 12.1 Å². The Morgan fingerprint density at radius 3 is 2.38 bits per heavy atom. The minimum Gasteiger partial charge on any atom is -0.311 e. The van der Waals surface area contributed by atoms with Crippen LogP contribution >= 0.6 is 0 Å². The Morgan fingerprint density at radius 2 is 1.86 bits per heavy atom. The first kappa shape index (κ1) is 15.6. The highest BCUT2D eigenvalue weighted by Crippen LogP contribution is 2.29. The second kappa shape index (κ2) is 6.30. The maximum Gasteiger partial charge on any atom is 0.416 e. The highest BCUT2D eigenvalue weighted by atomic mass is 19.4. The normalized spacial score (nSPS) is 13.4. The lowest BCUT2D eigenvalue weighted by Crippen LogP contribution is -2.22. The van der Waals surface area contributed by atoms with Crippen LogP contribution < -0.4 is 5.32 Å². The molecule has 3 nitrogen and oxygen atoms in total. The van der Waals surface area contributed by atoms with Crippen LogP contribution in [-0.4, -0.2) is 16.8 Å². The fraction of sp³-hybridized carbons (Fsp3) is 0.400. The summed E-state index contributed by atoms with van der Waals surface area (Å²) in [7, 11) is 1.84. The van der Waals surface area contributed by atoms with Gasteiger partial charge in [-0.25, -0.2) is 0 Å². The highest BCUT2D eigenvalue weighted by Gasteiger charge is 2.30. The van der Waals surface area contributed by atoms with Gasteiger partial charge in [-0.1, -0.05) is 12.1 Å². The van der Waals surface area contributed by atoms with Crippen LogP contribution in [0, 0.1) is 0 Å².